The van der Waals surface area contributed by atoms with Crippen LogP contribution in [0, 0.1) is 11.8 Å². The summed E-state index contributed by atoms with van der Waals surface area (Å²) in [4.78, 5) is 15.3. The van der Waals surface area contributed by atoms with E-state index in [2.05, 4.69) is 52.6 Å². The molecule has 26 heavy (non-hydrogen) atoms. The van der Waals surface area contributed by atoms with Gasteiger partial charge in [0.25, 0.3) is 0 Å². The van der Waals surface area contributed by atoms with Crippen molar-refractivity contribution in [3.8, 4) is 0 Å². The molecule has 3 heterocycles. The van der Waals surface area contributed by atoms with Gasteiger partial charge in [-0.15, -0.1) is 0 Å². The molecule has 0 bridgehead atoms. The molecule has 5 heteroatoms. The Morgan fingerprint density at radius 3 is 2.65 bits per heavy atom. The Bertz CT molecular complexity index is 756. The van der Waals surface area contributed by atoms with Gasteiger partial charge in [0.15, 0.2) is 0 Å². The van der Waals surface area contributed by atoms with E-state index in [1.165, 1.54) is 11.1 Å². The molecule has 5 nitrogen and oxygen atoms in total. The summed E-state index contributed by atoms with van der Waals surface area (Å²) in [5.74, 6) is 1.61. The number of hydrogen-bond acceptors (Lipinski definition) is 3. The van der Waals surface area contributed by atoms with Crippen LogP contribution in [0.25, 0.3) is 0 Å². The minimum Gasteiger partial charge on any atom is -0.342 e. The molecule has 4 atom stereocenters. The highest BCUT2D eigenvalue weighted by atomic mass is 16.2. The summed E-state index contributed by atoms with van der Waals surface area (Å²) >= 11 is 0. The second kappa shape index (κ2) is 7.23. The van der Waals surface area contributed by atoms with Crippen molar-refractivity contribution in [1.29, 1.82) is 0 Å². The quantitative estimate of drug-likeness (QED) is 0.923. The predicted molar refractivity (Wildman–Crippen MR) is 102 cm³/mol. The van der Waals surface area contributed by atoms with Crippen molar-refractivity contribution >= 4 is 5.91 Å². The van der Waals surface area contributed by atoms with Crippen LogP contribution in [0.4, 0.5) is 0 Å². The maximum atomic E-state index is 13.2. The van der Waals surface area contributed by atoms with Crippen LogP contribution >= 0.6 is 0 Å². The molecule has 4 rings (SSSR count). The SMILES string of the molecule is CC1CN(C(=O)[C@H]2CNC[C@@H]2c2cnn(C)c2)CCC1c1ccccc1. The lowest BCUT2D eigenvalue weighted by molar-refractivity contribution is -0.137. The number of nitrogens with one attached hydrogen (secondary N) is 1. The number of hydrogen-bond donors (Lipinski definition) is 1. The Kier molecular flexibility index (Phi) is 4.81. The summed E-state index contributed by atoms with van der Waals surface area (Å²) < 4.78 is 1.82. The second-order valence-electron chi connectivity index (χ2n) is 7.89. The summed E-state index contributed by atoms with van der Waals surface area (Å²) in [6.45, 7) is 5.62. The molecule has 2 unspecified atom stereocenters. The van der Waals surface area contributed by atoms with Crippen molar-refractivity contribution in [3.63, 3.8) is 0 Å². The number of benzene rings is 1. The van der Waals surface area contributed by atoms with Crippen LogP contribution in [0.2, 0.25) is 0 Å². The lowest BCUT2D eigenvalue weighted by Gasteiger charge is -2.39. The number of piperidine rings is 1. The van der Waals surface area contributed by atoms with Gasteiger partial charge in [-0.25, -0.2) is 0 Å². The van der Waals surface area contributed by atoms with Crippen molar-refractivity contribution < 1.29 is 4.79 Å². The van der Waals surface area contributed by atoms with Gasteiger partial charge in [0.2, 0.25) is 5.91 Å². The van der Waals surface area contributed by atoms with Crippen LogP contribution in [0.15, 0.2) is 42.7 Å². The van der Waals surface area contributed by atoms with Gasteiger partial charge in [0, 0.05) is 45.3 Å². The topological polar surface area (TPSA) is 50.2 Å². The zero-order chi connectivity index (χ0) is 18.1. The number of carbonyl (C=O) groups is 1. The lowest BCUT2D eigenvalue weighted by atomic mass is 9.80. The van der Waals surface area contributed by atoms with E-state index in [9.17, 15) is 4.79 Å². The van der Waals surface area contributed by atoms with E-state index in [4.69, 9.17) is 0 Å². The van der Waals surface area contributed by atoms with Crippen molar-refractivity contribution in [2.75, 3.05) is 26.2 Å². The minimum atomic E-state index is 0.0275. The van der Waals surface area contributed by atoms with Gasteiger partial charge in [-0.1, -0.05) is 37.3 Å². The molecule has 1 aromatic heterocycles. The highest BCUT2D eigenvalue weighted by Gasteiger charge is 2.39. The fourth-order valence-corrected chi connectivity index (χ4v) is 4.70. The summed E-state index contributed by atoms with van der Waals surface area (Å²) in [7, 11) is 1.93. The smallest absolute Gasteiger partial charge is 0.227 e. The molecule has 138 valence electrons. The number of likely N-dealkylation sites (tertiary alicyclic amines) is 1. The maximum Gasteiger partial charge on any atom is 0.227 e. The summed E-state index contributed by atoms with van der Waals surface area (Å²) in [5, 5.41) is 7.70. The van der Waals surface area contributed by atoms with Crippen LogP contribution in [0.3, 0.4) is 0 Å². The molecule has 2 saturated heterocycles. The van der Waals surface area contributed by atoms with E-state index in [0.29, 0.717) is 17.7 Å². The highest BCUT2D eigenvalue weighted by molar-refractivity contribution is 5.80. The second-order valence-corrected chi connectivity index (χ2v) is 7.89. The average molecular weight is 352 g/mol. The normalized spacial score (nSPS) is 29.1. The molecule has 1 aromatic carbocycles. The molecule has 2 aliphatic rings. The van der Waals surface area contributed by atoms with E-state index in [1.807, 2.05) is 24.1 Å². The van der Waals surface area contributed by atoms with Crippen molar-refractivity contribution in [3.05, 3.63) is 53.9 Å². The number of carbonyl (C=O) groups excluding carboxylic acids is 1. The Morgan fingerprint density at radius 2 is 1.96 bits per heavy atom. The Morgan fingerprint density at radius 1 is 1.15 bits per heavy atom. The molecule has 2 aromatic rings. The molecule has 0 saturated carbocycles. The van der Waals surface area contributed by atoms with Crippen LogP contribution < -0.4 is 5.32 Å². The van der Waals surface area contributed by atoms with Gasteiger partial charge < -0.3 is 10.2 Å². The Balaban J connectivity index is 1.44. The van der Waals surface area contributed by atoms with Gasteiger partial charge in [-0.3, -0.25) is 9.48 Å². The van der Waals surface area contributed by atoms with Gasteiger partial charge in [-0.2, -0.15) is 5.10 Å². The molecule has 0 spiro atoms. The highest BCUT2D eigenvalue weighted by Crippen LogP contribution is 2.35. The largest absolute Gasteiger partial charge is 0.342 e. The van der Waals surface area contributed by atoms with E-state index in [0.717, 1.165) is 32.6 Å². The van der Waals surface area contributed by atoms with E-state index in [-0.39, 0.29) is 11.8 Å². The van der Waals surface area contributed by atoms with Gasteiger partial charge in [-0.05, 0) is 29.4 Å². The third kappa shape index (κ3) is 3.28. The molecule has 1 N–H and O–H groups in total. The molecule has 0 radical (unpaired) electrons. The molecule has 1 amide bonds. The predicted octanol–water partition coefficient (Wildman–Crippen LogP) is 2.38. The van der Waals surface area contributed by atoms with Gasteiger partial charge in [0.1, 0.15) is 0 Å². The maximum absolute atomic E-state index is 13.2. The fourth-order valence-electron chi connectivity index (χ4n) is 4.70. The van der Waals surface area contributed by atoms with E-state index < -0.39 is 0 Å². The van der Waals surface area contributed by atoms with Crippen molar-refractivity contribution in [2.24, 2.45) is 18.9 Å². The first kappa shape index (κ1) is 17.3. The van der Waals surface area contributed by atoms with E-state index >= 15 is 0 Å². The third-order valence-electron chi connectivity index (χ3n) is 6.13. The number of aryl methyl sites for hydroxylation is 1. The van der Waals surface area contributed by atoms with Crippen LogP contribution in [-0.2, 0) is 11.8 Å². The van der Waals surface area contributed by atoms with Crippen molar-refractivity contribution in [1.82, 2.24) is 20.0 Å². The molecule has 2 aliphatic heterocycles. The molecular formula is C21H28N4O. The standard InChI is InChI=1S/C21H28N4O/c1-15-13-25(9-8-18(15)16-6-4-3-5-7-16)21(26)20-12-22-11-19(20)17-10-23-24(2)14-17/h3-7,10,14-15,18-20,22H,8-9,11-13H2,1-2H3/t15?,18?,19-,20+/m1/s1. The first-order valence-corrected chi connectivity index (χ1v) is 9.66. The Labute approximate surface area is 155 Å². The Hall–Kier alpha value is -2.14. The van der Waals surface area contributed by atoms with Gasteiger partial charge >= 0.3 is 0 Å². The number of aromatic nitrogens is 2. The number of rotatable bonds is 3. The molecule has 2 fully saturated rings. The van der Waals surface area contributed by atoms with Crippen LogP contribution in [0.1, 0.15) is 36.3 Å². The van der Waals surface area contributed by atoms with Gasteiger partial charge in [0.05, 0.1) is 12.1 Å². The summed E-state index contributed by atoms with van der Waals surface area (Å²) in [6, 6.07) is 10.7. The monoisotopic (exact) mass is 352 g/mol. The fraction of sp³-hybridized carbons (Fsp3) is 0.524. The first-order valence-electron chi connectivity index (χ1n) is 9.66. The number of nitrogens with zero attached hydrogens (tertiary/aromatic N) is 3. The lowest BCUT2D eigenvalue weighted by Crippen LogP contribution is -2.46. The first-order chi connectivity index (χ1) is 12.6. The minimum absolute atomic E-state index is 0.0275. The summed E-state index contributed by atoms with van der Waals surface area (Å²) in [5.41, 5.74) is 2.57. The van der Waals surface area contributed by atoms with E-state index in [1.54, 1.807) is 0 Å². The summed E-state index contributed by atoms with van der Waals surface area (Å²) in [6.07, 6.45) is 5.00. The molecule has 0 aliphatic carbocycles. The average Bonchev–Trinajstić information content (AvgIpc) is 3.30. The third-order valence-corrected chi connectivity index (χ3v) is 6.13. The van der Waals surface area contributed by atoms with Crippen LogP contribution in [0.5, 0.6) is 0 Å². The number of amides is 1. The molecular weight excluding hydrogens is 324 g/mol. The zero-order valence-electron chi connectivity index (χ0n) is 15.6. The zero-order valence-corrected chi connectivity index (χ0v) is 15.6. The van der Waals surface area contributed by atoms with Crippen molar-refractivity contribution in [2.45, 2.75) is 25.2 Å². The van der Waals surface area contributed by atoms with Crippen LogP contribution in [-0.4, -0.2) is 46.8 Å².